The number of carbonyl (C=O) groups is 2. The third kappa shape index (κ3) is 5.62. The molecule has 1 aromatic carbocycles. The number of carbonyl (C=O) groups excluding carboxylic acids is 2. The topological polar surface area (TPSA) is 71.3 Å². The summed E-state index contributed by atoms with van der Waals surface area (Å²) in [5.41, 5.74) is 1.60. The molecule has 0 radical (unpaired) electrons. The number of amides is 2. The Morgan fingerprint density at radius 1 is 1.17 bits per heavy atom. The van der Waals surface area contributed by atoms with E-state index >= 15 is 0 Å². The number of benzene rings is 1. The van der Waals surface area contributed by atoms with Gasteiger partial charge in [-0.2, -0.15) is 0 Å². The molecule has 5 heteroatoms. The van der Waals surface area contributed by atoms with Crippen LogP contribution in [0.4, 0.5) is 5.69 Å². The molecule has 2 N–H and O–H groups in total. The largest absolute Gasteiger partial charge is 0.459 e. The van der Waals surface area contributed by atoms with Crippen LogP contribution in [-0.4, -0.2) is 11.8 Å². The second kappa shape index (κ2) is 8.17. The smallest absolute Gasteiger partial charge is 0.291 e. The Bertz CT molecular complexity index is 648. The molecular weight excluding hydrogens is 292 g/mol. The fourth-order valence-corrected chi connectivity index (χ4v) is 2.07. The molecule has 0 aliphatic rings. The Morgan fingerprint density at radius 3 is 2.70 bits per heavy atom. The van der Waals surface area contributed by atoms with Crippen LogP contribution in [0.3, 0.4) is 0 Å². The minimum absolute atomic E-state index is 0.0451. The second-order valence-electron chi connectivity index (χ2n) is 5.84. The van der Waals surface area contributed by atoms with Crippen LogP contribution in [-0.2, 0) is 11.3 Å². The van der Waals surface area contributed by atoms with E-state index in [2.05, 4.69) is 24.5 Å². The highest BCUT2D eigenvalue weighted by Crippen LogP contribution is 2.13. The van der Waals surface area contributed by atoms with Crippen LogP contribution in [0.1, 0.15) is 42.8 Å². The minimum Gasteiger partial charge on any atom is -0.459 e. The highest BCUT2D eigenvalue weighted by Gasteiger charge is 2.09. The molecule has 0 aliphatic carbocycles. The van der Waals surface area contributed by atoms with Crippen molar-refractivity contribution in [3.05, 3.63) is 54.0 Å². The minimum atomic E-state index is -0.298. The van der Waals surface area contributed by atoms with Crippen LogP contribution in [0, 0.1) is 5.92 Å². The molecular formula is C18H22N2O3. The summed E-state index contributed by atoms with van der Waals surface area (Å²) in [4.78, 5) is 23.7. The average molecular weight is 314 g/mol. The summed E-state index contributed by atoms with van der Waals surface area (Å²) in [7, 11) is 0. The first-order valence-corrected chi connectivity index (χ1v) is 7.75. The van der Waals surface area contributed by atoms with Gasteiger partial charge < -0.3 is 15.1 Å². The maximum absolute atomic E-state index is 11.9. The first kappa shape index (κ1) is 16.8. The molecule has 0 unspecified atom stereocenters. The second-order valence-corrected chi connectivity index (χ2v) is 5.84. The molecule has 0 aliphatic heterocycles. The van der Waals surface area contributed by atoms with Gasteiger partial charge in [-0.3, -0.25) is 9.59 Å². The highest BCUT2D eigenvalue weighted by atomic mass is 16.3. The van der Waals surface area contributed by atoms with E-state index in [1.807, 2.05) is 18.2 Å². The molecule has 0 saturated carbocycles. The lowest BCUT2D eigenvalue weighted by Crippen LogP contribution is -2.22. The van der Waals surface area contributed by atoms with E-state index in [-0.39, 0.29) is 17.6 Å². The Kier molecular flexibility index (Phi) is 5.97. The van der Waals surface area contributed by atoms with Crippen LogP contribution in [0.15, 0.2) is 47.1 Å². The standard InChI is InChI=1S/C18H22N2O3/c1-13(2)8-9-17(21)19-12-14-5-3-6-15(11-14)20-18(22)16-7-4-10-23-16/h3-7,10-11,13H,8-9,12H2,1-2H3,(H,19,21)(H,20,22). The van der Waals surface area contributed by atoms with Crippen LogP contribution >= 0.6 is 0 Å². The molecule has 23 heavy (non-hydrogen) atoms. The molecule has 0 saturated heterocycles. The van der Waals surface area contributed by atoms with Crippen molar-refractivity contribution in [2.75, 3.05) is 5.32 Å². The molecule has 0 bridgehead atoms. The predicted molar refractivity (Wildman–Crippen MR) is 89.0 cm³/mol. The normalized spacial score (nSPS) is 10.6. The van der Waals surface area contributed by atoms with Gasteiger partial charge in [-0.1, -0.05) is 26.0 Å². The summed E-state index contributed by atoms with van der Waals surface area (Å²) >= 11 is 0. The van der Waals surface area contributed by atoms with E-state index in [9.17, 15) is 9.59 Å². The average Bonchev–Trinajstić information content (AvgIpc) is 3.06. The molecule has 1 aromatic heterocycles. The number of rotatable bonds is 7. The van der Waals surface area contributed by atoms with Gasteiger partial charge in [0.1, 0.15) is 0 Å². The zero-order chi connectivity index (χ0) is 16.7. The molecule has 2 amide bonds. The zero-order valence-corrected chi connectivity index (χ0v) is 13.5. The van der Waals surface area contributed by atoms with E-state index in [0.717, 1.165) is 12.0 Å². The van der Waals surface area contributed by atoms with Crippen LogP contribution in [0.5, 0.6) is 0 Å². The Balaban J connectivity index is 1.87. The van der Waals surface area contributed by atoms with Crippen molar-refractivity contribution in [1.29, 1.82) is 0 Å². The van der Waals surface area contributed by atoms with Gasteiger partial charge in [0.05, 0.1) is 6.26 Å². The summed E-state index contributed by atoms with van der Waals surface area (Å²) in [6.45, 7) is 4.64. The number of furan rings is 1. The monoisotopic (exact) mass is 314 g/mol. The molecule has 0 fully saturated rings. The van der Waals surface area contributed by atoms with Gasteiger partial charge >= 0.3 is 0 Å². The third-order valence-electron chi connectivity index (χ3n) is 3.37. The fraction of sp³-hybridized carbons (Fsp3) is 0.333. The van der Waals surface area contributed by atoms with Crippen LogP contribution in [0.2, 0.25) is 0 Å². The van der Waals surface area contributed by atoms with Crippen molar-refractivity contribution >= 4 is 17.5 Å². The third-order valence-corrected chi connectivity index (χ3v) is 3.37. The van der Waals surface area contributed by atoms with Crippen molar-refractivity contribution in [3.8, 4) is 0 Å². The molecule has 0 atom stereocenters. The van der Waals surface area contributed by atoms with Gasteiger partial charge in [-0.25, -0.2) is 0 Å². The Morgan fingerprint density at radius 2 is 2.00 bits per heavy atom. The van der Waals surface area contributed by atoms with Crippen molar-refractivity contribution in [3.63, 3.8) is 0 Å². The highest BCUT2D eigenvalue weighted by molar-refractivity contribution is 6.02. The Hall–Kier alpha value is -2.56. The maximum Gasteiger partial charge on any atom is 0.291 e. The van der Waals surface area contributed by atoms with Gasteiger partial charge in [0.2, 0.25) is 5.91 Å². The first-order valence-electron chi connectivity index (χ1n) is 7.75. The summed E-state index contributed by atoms with van der Waals surface area (Å²) in [6, 6.07) is 10.7. The summed E-state index contributed by atoms with van der Waals surface area (Å²) in [5.74, 6) is 0.523. The van der Waals surface area contributed by atoms with E-state index in [1.165, 1.54) is 6.26 Å². The summed E-state index contributed by atoms with van der Waals surface area (Å²) in [6.07, 6.45) is 2.87. The van der Waals surface area contributed by atoms with E-state index in [0.29, 0.717) is 24.6 Å². The molecule has 2 aromatic rings. The van der Waals surface area contributed by atoms with Crippen LogP contribution < -0.4 is 10.6 Å². The Labute approximate surface area is 136 Å². The van der Waals surface area contributed by atoms with Crippen molar-refractivity contribution in [1.82, 2.24) is 5.32 Å². The predicted octanol–water partition coefficient (Wildman–Crippen LogP) is 3.58. The first-order chi connectivity index (χ1) is 11.0. The van der Waals surface area contributed by atoms with Gasteiger partial charge in [0, 0.05) is 18.7 Å². The molecule has 5 nitrogen and oxygen atoms in total. The quantitative estimate of drug-likeness (QED) is 0.820. The SMILES string of the molecule is CC(C)CCC(=O)NCc1cccc(NC(=O)c2ccco2)c1. The maximum atomic E-state index is 11.9. The number of hydrogen-bond acceptors (Lipinski definition) is 3. The lowest BCUT2D eigenvalue weighted by atomic mass is 10.1. The molecule has 1 heterocycles. The van der Waals surface area contributed by atoms with Crippen molar-refractivity contribution < 1.29 is 14.0 Å². The van der Waals surface area contributed by atoms with Gasteiger partial charge in [-0.15, -0.1) is 0 Å². The summed E-state index contributed by atoms with van der Waals surface area (Å²) in [5, 5.41) is 5.66. The van der Waals surface area contributed by atoms with Crippen molar-refractivity contribution in [2.45, 2.75) is 33.2 Å². The lowest BCUT2D eigenvalue weighted by Gasteiger charge is -2.09. The molecule has 2 rings (SSSR count). The van der Waals surface area contributed by atoms with Crippen LogP contribution in [0.25, 0.3) is 0 Å². The van der Waals surface area contributed by atoms with Crippen molar-refractivity contribution in [2.24, 2.45) is 5.92 Å². The summed E-state index contributed by atoms with van der Waals surface area (Å²) < 4.78 is 5.05. The lowest BCUT2D eigenvalue weighted by molar-refractivity contribution is -0.121. The number of hydrogen-bond donors (Lipinski definition) is 2. The molecule has 0 spiro atoms. The fourth-order valence-electron chi connectivity index (χ4n) is 2.07. The number of anilines is 1. The van der Waals surface area contributed by atoms with Gasteiger partial charge in [0.15, 0.2) is 5.76 Å². The molecule has 122 valence electrons. The van der Waals surface area contributed by atoms with Gasteiger partial charge in [0.25, 0.3) is 5.91 Å². The van der Waals surface area contributed by atoms with Gasteiger partial charge in [-0.05, 0) is 42.2 Å². The van der Waals surface area contributed by atoms with E-state index in [1.54, 1.807) is 18.2 Å². The number of nitrogens with one attached hydrogen (secondary N) is 2. The van der Waals surface area contributed by atoms with E-state index in [4.69, 9.17) is 4.42 Å². The zero-order valence-electron chi connectivity index (χ0n) is 13.5. The van der Waals surface area contributed by atoms with E-state index < -0.39 is 0 Å².